The molecule has 1 aromatic carbocycles. The van der Waals surface area contributed by atoms with E-state index in [4.69, 9.17) is 27.9 Å². The van der Waals surface area contributed by atoms with Gasteiger partial charge in [-0.15, -0.1) is 0 Å². The lowest BCUT2D eigenvalue weighted by Gasteiger charge is -2.35. The highest BCUT2D eigenvalue weighted by Crippen LogP contribution is 2.34. The Bertz CT molecular complexity index is 846. The van der Waals surface area contributed by atoms with Gasteiger partial charge >= 0.3 is 0 Å². The second-order valence-electron chi connectivity index (χ2n) is 5.37. The van der Waals surface area contributed by atoms with Crippen LogP contribution in [0.15, 0.2) is 27.6 Å². The monoisotopic (exact) mass is 435 g/mol. The Labute approximate surface area is 156 Å². The summed E-state index contributed by atoms with van der Waals surface area (Å²) in [5.74, 6) is -0.548. The summed E-state index contributed by atoms with van der Waals surface area (Å²) in [6.45, 7) is 1.40. The Morgan fingerprint density at radius 3 is 2.88 bits per heavy atom. The standard InChI is InChI=1S/C15H13BrCl2FN3O2/c1-21-15(23)14(16)12(6-20-21)22-2-3-24-13(7-22)8-4-11(19)10(18)5-9(8)17/h4-6,13H,2-3,7H2,1H3. The van der Waals surface area contributed by atoms with E-state index in [0.29, 0.717) is 40.4 Å². The van der Waals surface area contributed by atoms with Crippen LogP contribution in [-0.4, -0.2) is 29.5 Å². The van der Waals surface area contributed by atoms with Gasteiger partial charge < -0.3 is 9.64 Å². The van der Waals surface area contributed by atoms with Gasteiger partial charge in [0.05, 0.1) is 23.5 Å². The summed E-state index contributed by atoms with van der Waals surface area (Å²) in [6.07, 6.45) is 1.17. The Morgan fingerprint density at radius 1 is 1.38 bits per heavy atom. The van der Waals surface area contributed by atoms with E-state index in [9.17, 15) is 9.18 Å². The van der Waals surface area contributed by atoms with Gasteiger partial charge in [0.25, 0.3) is 5.56 Å². The molecule has 0 bridgehead atoms. The molecule has 2 aromatic rings. The molecule has 0 amide bonds. The van der Waals surface area contributed by atoms with Crippen molar-refractivity contribution in [2.24, 2.45) is 7.05 Å². The Hall–Kier alpha value is -1.15. The average Bonchev–Trinajstić information content (AvgIpc) is 2.56. The molecule has 3 rings (SSSR count). The third-order valence-electron chi connectivity index (χ3n) is 3.85. The lowest BCUT2D eigenvalue weighted by Crippen LogP contribution is -2.40. The van der Waals surface area contributed by atoms with Crippen LogP contribution in [0.1, 0.15) is 11.7 Å². The first-order valence-electron chi connectivity index (χ1n) is 7.11. The Balaban J connectivity index is 1.92. The zero-order chi connectivity index (χ0) is 17.4. The number of nitrogens with zero attached hydrogens (tertiary/aromatic N) is 3. The molecule has 0 spiro atoms. The summed E-state index contributed by atoms with van der Waals surface area (Å²) in [6, 6.07) is 2.65. The fourth-order valence-electron chi connectivity index (χ4n) is 2.56. The van der Waals surface area contributed by atoms with Gasteiger partial charge in [0, 0.05) is 30.7 Å². The van der Waals surface area contributed by atoms with Crippen LogP contribution in [0.3, 0.4) is 0 Å². The van der Waals surface area contributed by atoms with E-state index in [1.807, 2.05) is 4.90 Å². The van der Waals surface area contributed by atoms with Crippen molar-refractivity contribution in [3.05, 3.63) is 54.6 Å². The predicted octanol–water partition coefficient (Wildman–Crippen LogP) is 3.57. The van der Waals surface area contributed by atoms with E-state index in [-0.39, 0.29) is 10.6 Å². The van der Waals surface area contributed by atoms with Crippen LogP contribution in [0, 0.1) is 5.82 Å². The third kappa shape index (κ3) is 3.31. The molecule has 1 saturated heterocycles. The van der Waals surface area contributed by atoms with E-state index < -0.39 is 11.9 Å². The number of rotatable bonds is 2. The van der Waals surface area contributed by atoms with Crippen molar-refractivity contribution in [3.8, 4) is 0 Å². The number of halogens is 4. The lowest BCUT2D eigenvalue weighted by molar-refractivity contribution is 0.0396. The molecule has 1 unspecified atom stereocenters. The first-order valence-corrected chi connectivity index (χ1v) is 8.66. The summed E-state index contributed by atoms with van der Waals surface area (Å²) in [7, 11) is 1.58. The van der Waals surface area contributed by atoms with Crippen molar-refractivity contribution in [3.63, 3.8) is 0 Å². The molecule has 1 atom stereocenters. The minimum Gasteiger partial charge on any atom is -0.370 e. The summed E-state index contributed by atoms with van der Waals surface area (Å²) in [4.78, 5) is 14.0. The zero-order valence-corrected chi connectivity index (χ0v) is 15.7. The Kier molecular flexibility index (Phi) is 5.15. The van der Waals surface area contributed by atoms with Crippen molar-refractivity contribution >= 4 is 44.8 Å². The van der Waals surface area contributed by atoms with Gasteiger partial charge in [0.2, 0.25) is 0 Å². The molecule has 9 heteroatoms. The molecule has 1 fully saturated rings. The average molecular weight is 437 g/mol. The second-order valence-corrected chi connectivity index (χ2v) is 6.97. The number of ether oxygens (including phenoxy) is 1. The highest BCUT2D eigenvalue weighted by atomic mass is 79.9. The zero-order valence-electron chi connectivity index (χ0n) is 12.6. The van der Waals surface area contributed by atoms with Gasteiger partial charge in [-0.05, 0) is 28.1 Å². The summed E-state index contributed by atoms with van der Waals surface area (Å²) in [5.41, 5.74) is 0.958. The topological polar surface area (TPSA) is 47.4 Å². The third-order valence-corrected chi connectivity index (χ3v) is 5.22. The van der Waals surface area contributed by atoms with Crippen molar-refractivity contribution in [1.29, 1.82) is 0 Å². The maximum absolute atomic E-state index is 13.8. The SMILES string of the molecule is Cn1ncc(N2CCOC(c3cc(F)c(Cl)cc3Cl)C2)c(Br)c1=O. The molecular formula is C15H13BrCl2FN3O2. The first kappa shape index (κ1) is 17.7. The molecule has 0 radical (unpaired) electrons. The quantitative estimate of drug-likeness (QED) is 0.675. The summed E-state index contributed by atoms with van der Waals surface area (Å²) >= 11 is 15.2. The van der Waals surface area contributed by atoms with Crippen molar-refractivity contribution in [2.45, 2.75) is 6.10 Å². The van der Waals surface area contributed by atoms with Crippen LogP contribution in [-0.2, 0) is 11.8 Å². The van der Waals surface area contributed by atoms with Crippen molar-refractivity contribution in [1.82, 2.24) is 9.78 Å². The van der Waals surface area contributed by atoms with E-state index in [1.165, 1.54) is 16.8 Å². The molecular weight excluding hydrogens is 424 g/mol. The van der Waals surface area contributed by atoms with Gasteiger partial charge in [-0.2, -0.15) is 5.10 Å². The molecule has 24 heavy (non-hydrogen) atoms. The Morgan fingerprint density at radius 2 is 2.12 bits per heavy atom. The number of anilines is 1. The van der Waals surface area contributed by atoms with Gasteiger partial charge in [-0.3, -0.25) is 4.79 Å². The van der Waals surface area contributed by atoms with Gasteiger partial charge in [0.15, 0.2) is 0 Å². The fourth-order valence-corrected chi connectivity index (χ4v) is 3.68. The summed E-state index contributed by atoms with van der Waals surface area (Å²) < 4.78 is 21.2. The molecule has 5 nitrogen and oxygen atoms in total. The van der Waals surface area contributed by atoms with Crippen LogP contribution in [0.4, 0.5) is 10.1 Å². The normalized spacial score (nSPS) is 18.0. The van der Waals surface area contributed by atoms with E-state index in [1.54, 1.807) is 13.2 Å². The number of hydrogen-bond donors (Lipinski definition) is 0. The molecule has 0 saturated carbocycles. The number of benzene rings is 1. The number of aryl methyl sites for hydroxylation is 1. The lowest BCUT2D eigenvalue weighted by atomic mass is 10.1. The fraction of sp³-hybridized carbons (Fsp3) is 0.333. The van der Waals surface area contributed by atoms with Crippen LogP contribution < -0.4 is 10.5 Å². The van der Waals surface area contributed by atoms with Crippen LogP contribution in [0.2, 0.25) is 10.0 Å². The van der Waals surface area contributed by atoms with Crippen molar-refractivity contribution < 1.29 is 9.13 Å². The highest BCUT2D eigenvalue weighted by molar-refractivity contribution is 9.10. The minimum atomic E-state index is -0.548. The molecule has 1 aliphatic rings. The number of hydrogen-bond acceptors (Lipinski definition) is 4. The smallest absolute Gasteiger partial charge is 0.282 e. The van der Waals surface area contributed by atoms with Crippen molar-refractivity contribution in [2.75, 3.05) is 24.6 Å². The molecule has 2 heterocycles. The highest BCUT2D eigenvalue weighted by Gasteiger charge is 2.27. The van der Waals surface area contributed by atoms with Crippen LogP contribution in [0.5, 0.6) is 0 Å². The van der Waals surface area contributed by atoms with Crippen LogP contribution in [0.25, 0.3) is 0 Å². The van der Waals surface area contributed by atoms with E-state index in [2.05, 4.69) is 21.0 Å². The largest absolute Gasteiger partial charge is 0.370 e. The molecule has 128 valence electrons. The molecule has 1 aliphatic heterocycles. The predicted molar refractivity (Wildman–Crippen MR) is 94.5 cm³/mol. The molecule has 0 N–H and O–H groups in total. The first-order chi connectivity index (χ1) is 11.4. The van der Waals surface area contributed by atoms with Crippen LogP contribution >= 0.6 is 39.1 Å². The van der Waals surface area contributed by atoms with Gasteiger partial charge in [-0.25, -0.2) is 9.07 Å². The maximum Gasteiger partial charge on any atom is 0.282 e. The number of morpholine rings is 1. The van der Waals surface area contributed by atoms with Gasteiger partial charge in [0.1, 0.15) is 16.4 Å². The maximum atomic E-state index is 13.8. The molecule has 1 aromatic heterocycles. The molecule has 0 aliphatic carbocycles. The van der Waals surface area contributed by atoms with E-state index in [0.717, 1.165) is 0 Å². The minimum absolute atomic E-state index is 0.0325. The van der Waals surface area contributed by atoms with E-state index >= 15 is 0 Å². The van der Waals surface area contributed by atoms with Gasteiger partial charge in [-0.1, -0.05) is 23.2 Å². The number of aromatic nitrogens is 2. The second kappa shape index (κ2) is 7.00. The summed E-state index contributed by atoms with van der Waals surface area (Å²) in [5, 5.41) is 4.35.